The van der Waals surface area contributed by atoms with Gasteiger partial charge in [0.2, 0.25) is 0 Å². The molecule has 0 spiro atoms. The summed E-state index contributed by atoms with van der Waals surface area (Å²) in [5.74, 6) is 0.228. The average molecular weight is 286 g/mol. The second-order valence-corrected chi connectivity index (χ2v) is 4.66. The van der Waals surface area contributed by atoms with Crippen LogP contribution in [0.25, 0.3) is 0 Å². The van der Waals surface area contributed by atoms with E-state index in [1.807, 2.05) is 32.0 Å². The topological polar surface area (TPSA) is 70.6 Å². The molecule has 1 rings (SSSR count). The van der Waals surface area contributed by atoms with Gasteiger partial charge in [-0.3, -0.25) is 0 Å². The molecule has 1 atom stereocenters. The number of hydrogen-bond donors (Lipinski definition) is 3. The highest BCUT2D eigenvalue weighted by Crippen LogP contribution is 2.21. The first-order valence-electron chi connectivity index (χ1n) is 5.02. The van der Waals surface area contributed by atoms with Crippen molar-refractivity contribution in [3.63, 3.8) is 0 Å². The summed E-state index contributed by atoms with van der Waals surface area (Å²) in [7, 11) is 0. The van der Waals surface area contributed by atoms with E-state index in [2.05, 4.69) is 26.4 Å². The summed E-state index contributed by atoms with van der Waals surface area (Å²) >= 11 is 3.47. The molecule has 0 aromatic heterocycles. The lowest BCUT2D eigenvalue weighted by Crippen LogP contribution is -2.24. The normalized spacial score (nSPS) is 13.6. The smallest absolute Gasteiger partial charge is 0.141 e. The zero-order valence-electron chi connectivity index (χ0n) is 9.37. The molecule has 0 saturated heterocycles. The molecule has 1 aromatic carbocycles. The van der Waals surface area contributed by atoms with Gasteiger partial charge in [0.05, 0.1) is 0 Å². The molecule has 1 unspecified atom stereocenters. The number of hydrogen-bond acceptors (Lipinski definition) is 3. The maximum absolute atomic E-state index is 8.46. The van der Waals surface area contributed by atoms with Gasteiger partial charge in [-0.05, 0) is 31.5 Å². The highest BCUT2D eigenvalue weighted by Gasteiger charge is 2.05. The molecule has 0 saturated carbocycles. The lowest BCUT2D eigenvalue weighted by Gasteiger charge is -2.15. The fraction of sp³-hybridized carbons (Fsp3) is 0.364. The number of oxime groups is 1. The zero-order chi connectivity index (χ0) is 12.1. The van der Waals surface area contributed by atoms with Crippen molar-refractivity contribution < 1.29 is 5.21 Å². The van der Waals surface area contributed by atoms with Crippen LogP contribution in [0.15, 0.2) is 27.8 Å². The minimum atomic E-state index is 0.116. The summed E-state index contributed by atoms with van der Waals surface area (Å²) in [5, 5.41) is 14.7. The van der Waals surface area contributed by atoms with Crippen LogP contribution in [-0.4, -0.2) is 17.1 Å². The number of nitrogens with zero attached hydrogens (tertiary/aromatic N) is 1. The lowest BCUT2D eigenvalue weighted by molar-refractivity contribution is 0.316. The van der Waals surface area contributed by atoms with Gasteiger partial charge in [-0.1, -0.05) is 27.2 Å². The molecule has 0 aliphatic carbocycles. The van der Waals surface area contributed by atoms with Crippen molar-refractivity contribution in [2.24, 2.45) is 10.9 Å². The molecule has 0 heterocycles. The van der Waals surface area contributed by atoms with Crippen LogP contribution in [0.5, 0.6) is 0 Å². The maximum atomic E-state index is 8.46. The molecule has 5 heteroatoms. The number of aryl methyl sites for hydroxylation is 1. The Labute approximate surface area is 104 Å². The van der Waals surface area contributed by atoms with Gasteiger partial charge >= 0.3 is 0 Å². The summed E-state index contributed by atoms with van der Waals surface area (Å²) in [5.41, 5.74) is 7.63. The Morgan fingerprint density at radius 3 is 2.88 bits per heavy atom. The first-order valence-corrected chi connectivity index (χ1v) is 5.81. The van der Waals surface area contributed by atoms with Crippen molar-refractivity contribution in [1.82, 2.24) is 0 Å². The van der Waals surface area contributed by atoms with Crippen LogP contribution in [0.3, 0.4) is 0 Å². The van der Waals surface area contributed by atoms with E-state index in [1.54, 1.807) is 0 Å². The first kappa shape index (κ1) is 12.8. The van der Waals surface area contributed by atoms with Crippen LogP contribution in [-0.2, 0) is 0 Å². The summed E-state index contributed by atoms with van der Waals surface area (Å²) in [6, 6.07) is 6.16. The van der Waals surface area contributed by atoms with E-state index >= 15 is 0 Å². The van der Waals surface area contributed by atoms with E-state index in [0.29, 0.717) is 6.42 Å². The standard InChI is InChI=1S/C11H16BrN3O/c1-7-3-4-9(6-10(7)12)14-8(2)5-11(13)15-16/h3-4,6,8,14,16H,5H2,1-2H3,(H2,13,15). The maximum Gasteiger partial charge on any atom is 0.141 e. The quantitative estimate of drug-likeness (QED) is 0.345. The summed E-state index contributed by atoms with van der Waals surface area (Å²) in [6.45, 7) is 4.01. The zero-order valence-corrected chi connectivity index (χ0v) is 11.0. The summed E-state index contributed by atoms with van der Waals surface area (Å²) in [4.78, 5) is 0. The van der Waals surface area contributed by atoms with Crippen LogP contribution < -0.4 is 11.1 Å². The van der Waals surface area contributed by atoms with Gasteiger partial charge in [-0.15, -0.1) is 0 Å². The van der Waals surface area contributed by atoms with Crippen LogP contribution in [0.2, 0.25) is 0 Å². The summed E-state index contributed by atoms with van der Waals surface area (Å²) < 4.78 is 1.06. The first-order chi connectivity index (χ1) is 7.52. The Balaban J connectivity index is 2.63. The van der Waals surface area contributed by atoms with Gasteiger partial charge < -0.3 is 16.3 Å². The van der Waals surface area contributed by atoms with Crippen molar-refractivity contribution in [3.8, 4) is 0 Å². The Morgan fingerprint density at radius 1 is 1.62 bits per heavy atom. The molecule has 88 valence electrons. The second kappa shape index (κ2) is 5.75. The molecule has 4 N–H and O–H groups in total. The lowest BCUT2D eigenvalue weighted by atomic mass is 10.2. The number of amidine groups is 1. The Bertz CT molecular complexity index is 393. The number of halogens is 1. The SMILES string of the molecule is Cc1ccc(NC(C)CC(N)=NO)cc1Br. The third kappa shape index (κ3) is 3.73. The number of anilines is 1. The van der Waals surface area contributed by atoms with Crippen LogP contribution in [0, 0.1) is 6.92 Å². The summed E-state index contributed by atoms with van der Waals surface area (Å²) in [6.07, 6.45) is 0.502. The Kier molecular flexibility index (Phi) is 4.61. The molecule has 4 nitrogen and oxygen atoms in total. The minimum absolute atomic E-state index is 0.116. The van der Waals surface area contributed by atoms with Crippen molar-refractivity contribution in [2.45, 2.75) is 26.3 Å². The molecule has 0 bridgehead atoms. The third-order valence-corrected chi connectivity index (χ3v) is 3.08. The number of rotatable bonds is 4. The fourth-order valence-electron chi connectivity index (χ4n) is 1.37. The predicted molar refractivity (Wildman–Crippen MR) is 70.0 cm³/mol. The highest BCUT2D eigenvalue weighted by atomic mass is 79.9. The fourth-order valence-corrected chi connectivity index (χ4v) is 1.75. The average Bonchev–Trinajstić information content (AvgIpc) is 2.23. The Hall–Kier alpha value is -1.23. The van der Waals surface area contributed by atoms with Gasteiger partial charge in [0.25, 0.3) is 0 Å². The molecule has 0 fully saturated rings. The highest BCUT2D eigenvalue weighted by molar-refractivity contribution is 9.10. The van der Waals surface area contributed by atoms with Crippen LogP contribution in [0.1, 0.15) is 18.9 Å². The van der Waals surface area contributed by atoms with E-state index in [4.69, 9.17) is 10.9 Å². The van der Waals surface area contributed by atoms with E-state index in [1.165, 1.54) is 5.56 Å². The van der Waals surface area contributed by atoms with Gasteiger partial charge in [0.1, 0.15) is 5.84 Å². The third-order valence-electron chi connectivity index (χ3n) is 2.23. The number of nitrogens with one attached hydrogen (secondary N) is 1. The van der Waals surface area contributed by atoms with E-state index in [-0.39, 0.29) is 11.9 Å². The molecule has 0 radical (unpaired) electrons. The Morgan fingerprint density at radius 2 is 2.31 bits per heavy atom. The van der Waals surface area contributed by atoms with E-state index in [9.17, 15) is 0 Å². The molecule has 0 aliphatic rings. The van der Waals surface area contributed by atoms with Crippen LogP contribution in [0.4, 0.5) is 5.69 Å². The van der Waals surface area contributed by atoms with Crippen LogP contribution >= 0.6 is 15.9 Å². The number of benzene rings is 1. The monoisotopic (exact) mass is 285 g/mol. The minimum Gasteiger partial charge on any atom is -0.409 e. The van der Waals surface area contributed by atoms with Gasteiger partial charge in [0.15, 0.2) is 0 Å². The molecule has 16 heavy (non-hydrogen) atoms. The van der Waals surface area contributed by atoms with Crippen molar-refractivity contribution in [3.05, 3.63) is 28.2 Å². The van der Waals surface area contributed by atoms with Gasteiger partial charge in [-0.2, -0.15) is 0 Å². The molecule has 1 aromatic rings. The molecule has 0 aliphatic heterocycles. The largest absolute Gasteiger partial charge is 0.409 e. The molecule has 0 amide bonds. The predicted octanol–water partition coefficient (Wildman–Crippen LogP) is 2.69. The van der Waals surface area contributed by atoms with Crippen molar-refractivity contribution in [2.75, 3.05) is 5.32 Å². The van der Waals surface area contributed by atoms with Crippen molar-refractivity contribution in [1.29, 1.82) is 0 Å². The molecular weight excluding hydrogens is 270 g/mol. The van der Waals surface area contributed by atoms with Gasteiger partial charge in [-0.25, -0.2) is 0 Å². The van der Waals surface area contributed by atoms with E-state index in [0.717, 1.165) is 10.2 Å². The molecular formula is C11H16BrN3O. The van der Waals surface area contributed by atoms with Crippen molar-refractivity contribution >= 4 is 27.5 Å². The number of nitrogens with two attached hydrogens (primary N) is 1. The van der Waals surface area contributed by atoms with Gasteiger partial charge in [0, 0.05) is 22.6 Å². The second-order valence-electron chi connectivity index (χ2n) is 3.80. The van der Waals surface area contributed by atoms with E-state index < -0.39 is 0 Å².